The highest BCUT2D eigenvalue weighted by molar-refractivity contribution is 5.73. The number of amides is 1. The van der Waals surface area contributed by atoms with Gasteiger partial charge in [0.1, 0.15) is 0 Å². The first-order valence-electron chi connectivity index (χ1n) is 4.78. The third kappa shape index (κ3) is 3.72. The van der Waals surface area contributed by atoms with Gasteiger partial charge in [-0.05, 0) is 38.3 Å². The van der Waals surface area contributed by atoms with E-state index in [1.165, 1.54) is 19.4 Å². The van der Waals surface area contributed by atoms with E-state index < -0.39 is 0 Å². The molecule has 3 nitrogen and oxygen atoms in total. The quantitative estimate of drug-likeness (QED) is 0.595. The summed E-state index contributed by atoms with van der Waals surface area (Å²) >= 11 is 0. The molecule has 1 rings (SSSR count). The van der Waals surface area contributed by atoms with E-state index in [0.29, 0.717) is 6.42 Å². The van der Waals surface area contributed by atoms with E-state index in [1.54, 1.807) is 0 Å². The molecule has 1 aliphatic heterocycles. The Balaban J connectivity index is 1.91. The summed E-state index contributed by atoms with van der Waals surface area (Å²) in [5.41, 5.74) is 5.04. The van der Waals surface area contributed by atoms with Crippen LogP contribution in [-0.4, -0.2) is 19.0 Å². The van der Waals surface area contributed by atoms with Crippen molar-refractivity contribution in [2.24, 2.45) is 11.7 Å². The first-order valence-corrected chi connectivity index (χ1v) is 4.78. The lowest BCUT2D eigenvalue weighted by atomic mass is 10.0. The largest absolute Gasteiger partial charge is 0.370 e. The number of nitrogens with two attached hydrogens (primary N) is 1. The van der Waals surface area contributed by atoms with Gasteiger partial charge in [-0.1, -0.05) is 6.42 Å². The van der Waals surface area contributed by atoms with Crippen molar-refractivity contribution in [3.8, 4) is 0 Å². The topological polar surface area (TPSA) is 55.1 Å². The zero-order valence-corrected chi connectivity index (χ0v) is 7.51. The maximum Gasteiger partial charge on any atom is 0.217 e. The van der Waals surface area contributed by atoms with Gasteiger partial charge in [0.15, 0.2) is 0 Å². The van der Waals surface area contributed by atoms with Crippen LogP contribution in [0.15, 0.2) is 0 Å². The summed E-state index contributed by atoms with van der Waals surface area (Å²) < 4.78 is 0. The molecule has 3 heteroatoms. The number of hydrogen-bond acceptors (Lipinski definition) is 2. The molecular weight excluding hydrogens is 152 g/mol. The smallest absolute Gasteiger partial charge is 0.217 e. The third-order valence-corrected chi connectivity index (χ3v) is 2.45. The van der Waals surface area contributed by atoms with Gasteiger partial charge in [0.25, 0.3) is 0 Å². The molecule has 0 spiro atoms. The van der Waals surface area contributed by atoms with Crippen molar-refractivity contribution in [3.63, 3.8) is 0 Å². The van der Waals surface area contributed by atoms with Crippen molar-refractivity contribution in [2.75, 3.05) is 13.1 Å². The lowest BCUT2D eigenvalue weighted by molar-refractivity contribution is -0.118. The SMILES string of the molecule is NC(=O)CCCCC1CCNC1. The molecule has 0 aromatic carbocycles. The fraction of sp³-hybridized carbons (Fsp3) is 0.889. The van der Waals surface area contributed by atoms with Crippen LogP contribution in [0.1, 0.15) is 32.1 Å². The summed E-state index contributed by atoms with van der Waals surface area (Å²) in [7, 11) is 0. The molecule has 3 N–H and O–H groups in total. The molecule has 1 saturated heterocycles. The molecule has 0 saturated carbocycles. The Hall–Kier alpha value is -0.570. The first kappa shape index (κ1) is 9.52. The lowest BCUT2D eigenvalue weighted by Crippen LogP contribution is -2.11. The molecule has 0 aromatic rings. The Kier molecular flexibility index (Phi) is 4.08. The third-order valence-electron chi connectivity index (χ3n) is 2.45. The van der Waals surface area contributed by atoms with Gasteiger partial charge in [-0.15, -0.1) is 0 Å². The molecular formula is C9H18N2O. The van der Waals surface area contributed by atoms with Crippen molar-refractivity contribution < 1.29 is 4.79 Å². The van der Waals surface area contributed by atoms with E-state index in [9.17, 15) is 4.79 Å². The number of carbonyl (C=O) groups excluding carboxylic acids is 1. The molecule has 1 atom stereocenters. The number of rotatable bonds is 5. The molecule has 1 heterocycles. The summed E-state index contributed by atoms with van der Waals surface area (Å²) in [5.74, 6) is 0.678. The predicted molar refractivity (Wildman–Crippen MR) is 48.6 cm³/mol. The average Bonchev–Trinajstić information content (AvgIpc) is 2.49. The highest BCUT2D eigenvalue weighted by Gasteiger charge is 2.13. The maximum atomic E-state index is 10.4. The van der Waals surface area contributed by atoms with E-state index >= 15 is 0 Å². The van der Waals surface area contributed by atoms with Gasteiger partial charge in [-0.25, -0.2) is 0 Å². The van der Waals surface area contributed by atoms with Crippen LogP contribution in [0.5, 0.6) is 0 Å². The van der Waals surface area contributed by atoms with Crippen LogP contribution >= 0.6 is 0 Å². The van der Waals surface area contributed by atoms with Gasteiger partial charge in [0, 0.05) is 6.42 Å². The number of hydrogen-bond donors (Lipinski definition) is 2. The van der Waals surface area contributed by atoms with Gasteiger partial charge in [0.05, 0.1) is 0 Å². The summed E-state index contributed by atoms with van der Waals surface area (Å²) in [6, 6.07) is 0. The fourth-order valence-electron chi connectivity index (χ4n) is 1.69. The van der Waals surface area contributed by atoms with E-state index in [-0.39, 0.29) is 5.91 Å². The van der Waals surface area contributed by atoms with Crippen LogP contribution in [0.4, 0.5) is 0 Å². The van der Waals surface area contributed by atoms with E-state index in [4.69, 9.17) is 5.73 Å². The number of primary amides is 1. The Morgan fingerprint density at radius 1 is 1.50 bits per heavy atom. The molecule has 1 unspecified atom stereocenters. The predicted octanol–water partition coefficient (Wildman–Crippen LogP) is 0.642. The van der Waals surface area contributed by atoms with Crippen LogP contribution in [0.25, 0.3) is 0 Å². The van der Waals surface area contributed by atoms with Gasteiger partial charge >= 0.3 is 0 Å². The van der Waals surface area contributed by atoms with Crippen LogP contribution in [-0.2, 0) is 4.79 Å². The molecule has 0 aliphatic carbocycles. The second kappa shape index (κ2) is 5.14. The Morgan fingerprint density at radius 2 is 2.33 bits per heavy atom. The second-order valence-corrected chi connectivity index (χ2v) is 3.57. The minimum Gasteiger partial charge on any atom is -0.370 e. The highest BCUT2D eigenvalue weighted by Crippen LogP contribution is 2.15. The molecule has 12 heavy (non-hydrogen) atoms. The standard InChI is InChI=1S/C9H18N2O/c10-9(12)4-2-1-3-8-5-6-11-7-8/h8,11H,1-7H2,(H2,10,12). The normalized spacial score (nSPS) is 22.8. The minimum atomic E-state index is -0.167. The molecule has 0 radical (unpaired) electrons. The summed E-state index contributed by atoms with van der Waals surface area (Å²) in [4.78, 5) is 10.4. The summed E-state index contributed by atoms with van der Waals surface area (Å²) in [5, 5.41) is 3.33. The highest BCUT2D eigenvalue weighted by atomic mass is 16.1. The molecule has 0 bridgehead atoms. The molecule has 1 aliphatic rings. The van der Waals surface area contributed by atoms with Gasteiger partial charge < -0.3 is 11.1 Å². The van der Waals surface area contributed by atoms with Crippen molar-refractivity contribution >= 4 is 5.91 Å². The van der Waals surface area contributed by atoms with Crippen LogP contribution in [0, 0.1) is 5.92 Å². The van der Waals surface area contributed by atoms with Gasteiger partial charge in [-0.2, -0.15) is 0 Å². The van der Waals surface area contributed by atoms with E-state index in [2.05, 4.69) is 5.32 Å². The summed E-state index contributed by atoms with van der Waals surface area (Å²) in [6.45, 7) is 2.33. The zero-order chi connectivity index (χ0) is 8.81. The molecule has 1 amide bonds. The second-order valence-electron chi connectivity index (χ2n) is 3.57. The zero-order valence-electron chi connectivity index (χ0n) is 7.51. The van der Waals surface area contributed by atoms with Gasteiger partial charge in [0.2, 0.25) is 5.91 Å². The summed E-state index contributed by atoms with van der Waals surface area (Å²) in [6.07, 6.45) is 5.22. The van der Waals surface area contributed by atoms with Crippen molar-refractivity contribution in [3.05, 3.63) is 0 Å². The maximum absolute atomic E-state index is 10.4. The van der Waals surface area contributed by atoms with Crippen molar-refractivity contribution in [1.82, 2.24) is 5.32 Å². The molecule has 1 fully saturated rings. The first-order chi connectivity index (χ1) is 5.79. The molecule has 70 valence electrons. The fourth-order valence-corrected chi connectivity index (χ4v) is 1.69. The average molecular weight is 170 g/mol. The number of nitrogens with one attached hydrogen (secondary N) is 1. The van der Waals surface area contributed by atoms with E-state index in [0.717, 1.165) is 25.3 Å². The Morgan fingerprint density at radius 3 is 2.92 bits per heavy atom. The van der Waals surface area contributed by atoms with Gasteiger partial charge in [-0.3, -0.25) is 4.79 Å². The Bertz CT molecular complexity index is 141. The van der Waals surface area contributed by atoms with E-state index in [1.807, 2.05) is 0 Å². The number of carbonyl (C=O) groups is 1. The monoisotopic (exact) mass is 170 g/mol. The van der Waals surface area contributed by atoms with Crippen LogP contribution in [0.3, 0.4) is 0 Å². The molecule has 0 aromatic heterocycles. The van der Waals surface area contributed by atoms with Crippen LogP contribution in [0.2, 0.25) is 0 Å². The van der Waals surface area contributed by atoms with Crippen molar-refractivity contribution in [2.45, 2.75) is 32.1 Å². The minimum absolute atomic E-state index is 0.167. The van der Waals surface area contributed by atoms with Crippen LogP contribution < -0.4 is 11.1 Å². The lowest BCUT2D eigenvalue weighted by Gasteiger charge is -2.05. The van der Waals surface area contributed by atoms with Crippen molar-refractivity contribution in [1.29, 1.82) is 0 Å². The Labute approximate surface area is 73.7 Å². The number of unbranched alkanes of at least 4 members (excludes halogenated alkanes) is 1.